The van der Waals surface area contributed by atoms with E-state index in [9.17, 15) is 4.79 Å². The molecule has 1 aromatic carbocycles. The van der Waals surface area contributed by atoms with Gasteiger partial charge in [0.2, 0.25) is 5.91 Å². The molecule has 0 aliphatic carbocycles. The van der Waals surface area contributed by atoms with E-state index in [0.717, 1.165) is 12.0 Å². The Morgan fingerprint density at radius 2 is 1.96 bits per heavy atom. The predicted molar refractivity (Wildman–Crippen MR) is 93.7 cm³/mol. The first-order valence-corrected chi connectivity index (χ1v) is 8.32. The average Bonchev–Trinajstić information content (AvgIpc) is 2.46. The van der Waals surface area contributed by atoms with Crippen molar-refractivity contribution in [3.8, 4) is 5.75 Å². The lowest BCUT2D eigenvalue weighted by atomic mass is 10.1. The zero-order chi connectivity index (χ0) is 17.2. The number of hydrogen-bond donors (Lipinski definition) is 2. The molecule has 1 rings (SSSR count). The molecule has 0 unspecified atom stereocenters. The molecule has 0 fully saturated rings. The largest absolute Gasteiger partial charge is 0.489 e. The monoisotopic (exact) mass is 322 g/mol. The summed E-state index contributed by atoms with van der Waals surface area (Å²) in [6.45, 7) is 9.25. The smallest absolute Gasteiger partial charge is 0.220 e. The van der Waals surface area contributed by atoms with E-state index in [1.165, 1.54) is 0 Å². The van der Waals surface area contributed by atoms with Crippen LogP contribution in [0.2, 0.25) is 0 Å². The number of aryl methyl sites for hydroxylation is 1. The Morgan fingerprint density at radius 3 is 2.57 bits per heavy atom. The number of anilines is 1. The van der Waals surface area contributed by atoms with E-state index in [4.69, 9.17) is 15.2 Å². The van der Waals surface area contributed by atoms with Gasteiger partial charge >= 0.3 is 0 Å². The van der Waals surface area contributed by atoms with Gasteiger partial charge < -0.3 is 20.5 Å². The van der Waals surface area contributed by atoms with Crippen molar-refractivity contribution in [2.24, 2.45) is 0 Å². The number of nitrogens with two attached hydrogens (primary N) is 1. The minimum atomic E-state index is 0.0515. The van der Waals surface area contributed by atoms with Crippen molar-refractivity contribution in [1.29, 1.82) is 0 Å². The SMILES string of the molecule is CC(C)OCCCNC(=O)CCc1ccc(OC(C)C)c(N)c1. The first-order valence-electron chi connectivity index (χ1n) is 8.32. The van der Waals surface area contributed by atoms with Crippen LogP contribution in [0, 0.1) is 0 Å². The molecule has 5 heteroatoms. The van der Waals surface area contributed by atoms with Gasteiger partial charge in [-0.25, -0.2) is 0 Å². The van der Waals surface area contributed by atoms with Gasteiger partial charge in [-0.3, -0.25) is 4.79 Å². The van der Waals surface area contributed by atoms with Crippen LogP contribution in [0.5, 0.6) is 5.75 Å². The van der Waals surface area contributed by atoms with E-state index in [2.05, 4.69) is 5.32 Å². The summed E-state index contributed by atoms with van der Waals surface area (Å²) in [7, 11) is 0. The Kier molecular flexibility index (Phi) is 8.48. The van der Waals surface area contributed by atoms with Gasteiger partial charge in [0.1, 0.15) is 5.75 Å². The third-order valence-corrected chi connectivity index (χ3v) is 3.17. The predicted octanol–water partition coefficient (Wildman–Crippen LogP) is 2.92. The minimum Gasteiger partial charge on any atom is -0.489 e. The van der Waals surface area contributed by atoms with Gasteiger partial charge in [-0.2, -0.15) is 0 Å². The lowest BCUT2D eigenvalue weighted by Gasteiger charge is -2.13. The molecular weight excluding hydrogens is 292 g/mol. The molecule has 23 heavy (non-hydrogen) atoms. The summed E-state index contributed by atoms with van der Waals surface area (Å²) < 4.78 is 11.0. The molecule has 0 aromatic heterocycles. The van der Waals surface area contributed by atoms with Crippen molar-refractivity contribution in [2.75, 3.05) is 18.9 Å². The molecule has 0 aliphatic rings. The first kappa shape index (κ1) is 19.3. The molecule has 0 bridgehead atoms. The first-order chi connectivity index (χ1) is 10.9. The average molecular weight is 322 g/mol. The van der Waals surface area contributed by atoms with Crippen molar-refractivity contribution in [1.82, 2.24) is 5.32 Å². The number of ether oxygens (including phenoxy) is 2. The van der Waals surface area contributed by atoms with Crippen LogP contribution in [0.25, 0.3) is 0 Å². The van der Waals surface area contributed by atoms with Crippen LogP contribution >= 0.6 is 0 Å². The number of carbonyl (C=O) groups excluding carboxylic acids is 1. The molecule has 5 nitrogen and oxygen atoms in total. The summed E-state index contributed by atoms with van der Waals surface area (Å²) in [5.41, 5.74) is 7.63. The van der Waals surface area contributed by atoms with Crippen molar-refractivity contribution in [2.45, 2.75) is 59.2 Å². The lowest BCUT2D eigenvalue weighted by Crippen LogP contribution is -2.25. The third kappa shape index (κ3) is 8.45. The highest BCUT2D eigenvalue weighted by atomic mass is 16.5. The summed E-state index contributed by atoms with van der Waals surface area (Å²) >= 11 is 0. The zero-order valence-electron chi connectivity index (χ0n) is 14.7. The Balaban J connectivity index is 2.29. The lowest BCUT2D eigenvalue weighted by molar-refractivity contribution is -0.121. The highest BCUT2D eigenvalue weighted by Crippen LogP contribution is 2.24. The number of nitrogen functional groups attached to an aromatic ring is 1. The maximum absolute atomic E-state index is 11.8. The highest BCUT2D eigenvalue weighted by molar-refractivity contribution is 5.76. The molecule has 0 saturated carbocycles. The topological polar surface area (TPSA) is 73.6 Å². The molecular formula is C18H30N2O3. The molecule has 0 heterocycles. The van der Waals surface area contributed by atoms with E-state index < -0.39 is 0 Å². The Hall–Kier alpha value is -1.75. The molecule has 0 radical (unpaired) electrons. The fraction of sp³-hybridized carbons (Fsp3) is 0.611. The Labute approximate surface area is 139 Å². The summed E-state index contributed by atoms with van der Waals surface area (Å²) in [6, 6.07) is 5.70. The molecule has 0 saturated heterocycles. The summed E-state index contributed by atoms with van der Waals surface area (Å²) in [4.78, 5) is 11.8. The van der Waals surface area contributed by atoms with Gasteiger partial charge in [-0.1, -0.05) is 6.07 Å². The van der Waals surface area contributed by atoms with Gasteiger partial charge in [0.05, 0.1) is 17.9 Å². The van der Waals surface area contributed by atoms with E-state index in [1.54, 1.807) is 0 Å². The second-order valence-electron chi connectivity index (χ2n) is 6.16. The van der Waals surface area contributed by atoms with Crippen molar-refractivity contribution < 1.29 is 14.3 Å². The minimum absolute atomic E-state index is 0.0515. The molecule has 1 aromatic rings. The van der Waals surface area contributed by atoms with Gasteiger partial charge in [0.15, 0.2) is 0 Å². The fourth-order valence-electron chi connectivity index (χ4n) is 2.08. The van der Waals surface area contributed by atoms with Gasteiger partial charge in [0.25, 0.3) is 0 Å². The molecule has 0 spiro atoms. The second-order valence-corrected chi connectivity index (χ2v) is 6.16. The van der Waals surface area contributed by atoms with Crippen LogP contribution in [0.15, 0.2) is 18.2 Å². The van der Waals surface area contributed by atoms with E-state index in [-0.39, 0.29) is 18.1 Å². The van der Waals surface area contributed by atoms with Crippen molar-refractivity contribution in [3.63, 3.8) is 0 Å². The van der Waals surface area contributed by atoms with Crippen LogP contribution in [0.1, 0.15) is 46.1 Å². The normalized spacial score (nSPS) is 11.0. The number of rotatable bonds is 10. The fourth-order valence-corrected chi connectivity index (χ4v) is 2.08. The second kappa shape index (κ2) is 10.1. The highest BCUT2D eigenvalue weighted by Gasteiger charge is 2.06. The molecule has 130 valence electrons. The standard InChI is InChI=1S/C18H30N2O3/c1-13(2)22-11-5-10-20-18(21)9-7-15-6-8-17(16(19)12-15)23-14(3)4/h6,8,12-14H,5,7,9-11,19H2,1-4H3,(H,20,21). The van der Waals surface area contributed by atoms with Crippen LogP contribution in [0.3, 0.4) is 0 Å². The Morgan fingerprint density at radius 1 is 1.22 bits per heavy atom. The summed E-state index contributed by atoms with van der Waals surface area (Å²) in [5, 5.41) is 2.90. The summed E-state index contributed by atoms with van der Waals surface area (Å²) in [5.74, 6) is 0.744. The van der Waals surface area contributed by atoms with Crippen molar-refractivity contribution >= 4 is 11.6 Å². The van der Waals surface area contributed by atoms with E-state index in [0.29, 0.717) is 37.4 Å². The Bertz CT molecular complexity index is 487. The number of hydrogen-bond acceptors (Lipinski definition) is 4. The number of benzene rings is 1. The molecule has 0 atom stereocenters. The zero-order valence-corrected chi connectivity index (χ0v) is 14.7. The van der Waals surface area contributed by atoms with Crippen LogP contribution in [-0.2, 0) is 16.0 Å². The summed E-state index contributed by atoms with van der Waals surface area (Å²) in [6.07, 6.45) is 2.28. The maximum atomic E-state index is 11.8. The number of amides is 1. The van der Waals surface area contributed by atoms with Crippen LogP contribution < -0.4 is 15.8 Å². The number of carbonyl (C=O) groups is 1. The third-order valence-electron chi connectivity index (χ3n) is 3.17. The van der Waals surface area contributed by atoms with Crippen LogP contribution in [-0.4, -0.2) is 31.3 Å². The van der Waals surface area contributed by atoms with Crippen molar-refractivity contribution in [3.05, 3.63) is 23.8 Å². The van der Waals surface area contributed by atoms with E-state index in [1.807, 2.05) is 45.9 Å². The quantitative estimate of drug-likeness (QED) is 0.513. The maximum Gasteiger partial charge on any atom is 0.220 e. The molecule has 1 amide bonds. The van der Waals surface area contributed by atoms with Gasteiger partial charge in [-0.15, -0.1) is 0 Å². The van der Waals surface area contributed by atoms with Gasteiger partial charge in [-0.05, 0) is 58.2 Å². The van der Waals surface area contributed by atoms with Crippen LogP contribution in [0.4, 0.5) is 5.69 Å². The molecule has 3 N–H and O–H groups in total. The van der Waals surface area contributed by atoms with E-state index >= 15 is 0 Å². The number of nitrogens with one attached hydrogen (secondary N) is 1. The van der Waals surface area contributed by atoms with Gasteiger partial charge in [0, 0.05) is 19.6 Å². The molecule has 0 aliphatic heterocycles.